The predicted octanol–water partition coefficient (Wildman–Crippen LogP) is 2.31. The van der Waals surface area contributed by atoms with E-state index in [0.717, 1.165) is 24.7 Å². The normalized spacial score (nSPS) is 32.2. The van der Waals surface area contributed by atoms with Gasteiger partial charge in [0.05, 0.1) is 12.6 Å². The van der Waals surface area contributed by atoms with E-state index in [9.17, 15) is 5.11 Å². The van der Waals surface area contributed by atoms with Crippen molar-refractivity contribution >= 4 is 5.96 Å². The second-order valence-corrected chi connectivity index (χ2v) is 8.42. The number of hydrogen-bond acceptors (Lipinski definition) is 4. The Balaban J connectivity index is 1.40. The second kappa shape index (κ2) is 6.57. The van der Waals surface area contributed by atoms with E-state index in [1.54, 1.807) is 14.0 Å². The fourth-order valence-corrected chi connectivity index (χ4v) is 5.31. The summed E-state index contributed by atoms with van der Waals surface area (Å²) in [5.41, 5.74) is -0.811. The van der Waals surface area contributed by atoms with E-state index < -0.39 is 5.60 Å². The van der Waals surface area contributed by atoms with E-state index in [4.69, 9.17) is 9.15 Å². The van der Waals surface area contributed by atoms with Crippen molar-refractivity contribution in [2.75, 3.05) is 20.2 Å². The number of aliphatic imine (C=N–C) groups is 1. The second-order valence-electron chi connectivity index (χ2n) is 8.42. The van der Waals surface area contributed by atoms with Gasteiger partial charge in [-0.2, -0.15) is 0 Å². The van der Waals surface area contributed by atoms with Crippen molar-refractivity contribution in [3.05, 3.63) is 23.7 Å². The number of aliphatic hydroxyl groups is 1. The maximum atomic E-state index is 10.7. The summed E-state index contributed by atoms with van der Waals surface area (Å²) in [6.07, 6.45) is 6.63. The maximum Gasteiger partial charge on any atom is 0.191 e. The standard InChI is InChI=1S/C20H31N3O3/c1-13-6-7-15(26-13)19(2,24)12-22-18(21-3)23-16-14-8-11-25-17(14)20(16)9-4-5-10-20/h6-7,14,16-17,24H,4-5,8-12H2,1-3H3,(H2,21,22,23). The van der Waals surface area contributed by atoms with Crippen LogP contribution in [0.25, 0.3) is 0 Å². The Morgan fingerprint density at radius 3 is 2.81 bits per heavy atom. The highest BCUT2D eigenvalue weighted by molar-refractivity contribution is 5.80. The molecule has 1 saturated heterocycles. The number of fused-ring (bicyclic) bond motifs is 2. The van der Waals surface area contributed by atoms with Gasteiger partial charge in [0.25, 0.3) is 0 Å². The lowest BCUT2D eigenvalue weighted by Gasteiger charge is -2.57. The average molecular weight is 361 g/mol. The molecule has 26 heavy (non-hydrogen) atoms. The lowest BCUT2D eigenvalue weighted by atomic mass is 9.54. The van der Waals surface area contributed by atoms with Crippen LogP contribution >= 0.6 is 0 Å². The SMILES string of the molecule is CN=C(NCC(C)(O)c1ccc(C)o1)NC1C2CCOC2C12CCCC2. The van der Waals surface area contributed by atoms with Gasteiger partial charge in [-0.15, -0.1) is 0 Å². The molecule has 1 aliphatic heterocycles. The highest BCUT2D eigenvalue weighted by Gasteiger charge is 2.65. The van der Waals surface area contributed by atoms with Gasteiger partial charge in [0, 0.05) is 31.0 Å². The Kier molecular flexibility index (Phi) is 4.51. The Morgan fingerprint density at radius 1 is 1.38 bits per heavy atom. The zero-order valence-corrected chi connectivity index (χ0v) is 16.0. The summed E-state index contributed by atoms with van der Waals surface area (Å²) in [5, 5.41) is 17.7. The summed E-state index contributed by atoms with van der Waals surface area (Å²) in [6, 6.07) is 4.11. The molecule has 4 atom stereocenters. The number of nitrogens with zero attached hydrogens (tertiary/aromatic N) is 1. The summed E-state index contributed by atoms with van der Waals surface area (Å²) in [5.74, 6) is 2.70. The van der Waals surface area contributed by atoms with Crippen LogP contribution in [0.15, 0.2) is 21.5 Å². The van der Waals surface area contributed by atoms with Crippen LogP contribution in [0.2, 0.25) is 0 Å². The van der Waals surface area contributed by atoms with Gasteiger partial charge in [-0.1, -0.05) is 12.8 Å². The number of nitrogens with one attached hydrogen (secondary N) is 2. The van der Waals surface area contributed by atoms with Crippen molar-refractivity contribution in [1.29, 1.82) is 0 Å². The molecule has 1 aromatic heterocycles. The van der Waals surface area contributed by atoms with Crippen LogP contribution in [0.5, 0.6) is 0 Å². The molecule has 0 radical (unpaired) electrons. The number of ether oxygens (including phenoxy) is 1. The largest absolute Gasteiger partial charge is 0.463 e. The molecule has 0 amide bonds. The van der Waals surface area contributed by atoms with E-state index >= 15 is 0 Å². The summed E-state index contributed by atoms with van der Waals surface area (Å²) in [7, 11) is 1.78. The van der Waals surface area contributed by atoms with Crippen LogP contribution in [-0.4, -0.2) is 43.4 Å². The zero-order chi connectivity index (χ0) is 18.4. The van der Waals surface area contributed by atoms with Crippen LogP contribution in [-0.2, 0) is 10.3 Å². The topological polar surface area (TPSA) is 79.0 Å². The average Bonchev–Trinajstić information content (AvgIpc) is 3.34. The molecule has 1 aromatic rings. The Morgan fingerprint density at radius 2 is 2.15 bits per heavy atom. The zero-order valence-electron chi connectivity index (χ0n) is 16.0. The predicted molar refractivity (Wildman–Crippen MR) is 100 cm³/mol. The molecule has 3 N–H and O–H groups in total. The van der Waals surface area contributed by atoms with Gasteiger partial charge < -0.3 is 24.9 Å². The summed E-state index contributed by atoms with van der Waals surface area (Å²) in [6.45, 7) is 4.86. The fourth-order valence-electron chi connectivity index (χ4n) is 5.31. The van der Waals surface area contributed by atoms with Crippen molar-refractivity contribution in [3.8, 4) is 0 Å². The van der Waals surface area contributed by atoms with Crippen LogP contribution in [0.3, 0.4) is 0 Å². The Labute approximate surface area is 155 Å². The molecule has 4 rings (SSSR count). The van der Waals surface area contributed by atoms with E-state index in [2.05, 4.69) is 15.6 Å². The monoisotopic (exact) mass is 361 g/mol. The van der Waals surface area contributed by atoms with Crippen molar-refractivity contribution in [3.63, 3.8) is 0 Å². The number of furan rings is 1. The van der Waals surface area contributed by atoms with Gasteiger partial charge in [0.15, 0.2) is 5.96 Å². The molecular weight excluding hydrogens is 330 g/mol. The van der Waals surface area contributed by atoms with Crippen molar-refractivity contribution in [1.82, 2.24) is 10.6 Å². The van der Waals surface area contributed by atoms with E-state index in [1.807, 2.05) is 19.1 Å². The lowest BCUT2D eigenvalue weighted by Crippen LogP contribution is -2.69. The number of hydrogen-bond donors (Lipinski definition) is 3. The number of aryl methyl sites for hydroxylation is 1. The third-order valence-corrected chi connectivity index (χ3v) is 6.67. The van der Waals surface area contributed by atoms with E-state index in [1.165, 1.54) is 25.7 Å². The number of rotatable bonds is 4. The minimum Gasteiger partial charge on any atom is -0.463 e. The van der Waals surface area contributed by atoms with Crippen LogP contribution in [0.4, 0.5) is 0 Å². The first-order valence-electron chi connectivity index (χ1n) is 9.84. The Hall–Kier alpha value is -1.53. The third-order valence-electron chi connectivity index (χ3n) is 6.67. The van der Waals surface area contributed by atoms with E-state index in [-0.39, 0.29) is 5.41 Å². The Bertz CT molecular complexity index is 676. The van der Waals surface area contributed by atoms with Crippen LogP contribution in [0.1, 0.15) is 50.5 Å². The summed E-state index contributed by atoms with van der Waals surface area (Å²) < 4.78 is 11.7. The van der Waals surface area contributed by atoms with Crippen molar-refractivity contribution < 1.29 is 14.3 Å². The molecule has 1 spiro atoms. The molecule has 144 valence electrons. The number of guanidine groups is 1. The fraction of sp³-hybridized carbons (Fsp3) is 0.750. The molecule has 6 nitrogen and oxygen atoms in total. The van der Waals surface area contributed by atoms with Gasteiger partial charge in [0.1, 0.15) is 17.1 Å². The maximum absolute atomic E-state index is 10.7. The molecule has 2 saturated carbocycles. The van der Waals surface area contributed by atoms with E-state index in [0.29, 0.717) is 30.4 Å². The molecule has 2 aliphatic carbocycles. The molecular formula is C20H31N3O3. The third kappa shape index (κ3) is 2.83. The first kappa shape index (κ1) is 17.9. The molecule has 0 aromatic carbocycles. The van der Waals surface area contributed by atoms with Crippen molar-refractivity contribution in [2.24, 2.45) is 16.3 Å². The first-order chi connectivity index (χ1) is 12.5. The summed E-state index contributed by atoms with van der Waals surface area (Å²) >= 11 is 0. The van der Waals surface area contributed by atoms with Gasteiger partial charge in [0.2, 0.25) is 0 Å². The van der Waals surface area contributed by atoms with Crippen molar-refractivity contribution in [2.45, 2.75) is 63.7 Å². The highest BCUT2D eigenvalue weighted by Crippen LogP contribution is 2.60. The smallest absolute Gasteiger partial charge is 0.191 e. The molecule has 0 bridgehead atoms. The molecule has 4 unspecified atom stereocenters. The molecule has 3 fully saturated rings. The van der Waals surface area contributed by atoms with Gasteiger partial charge in [-0.25, -0.2) is 0 Å². The minimum atomic E-state index is -1.09. The minimum absolute atomic E-state index is 0.277. The molecule has 3 aliphatic rings. The summed E-state index contributed by atoms with van der Waals surface area (Å²) in [4.78, 5) is 4.39. The molecule has 2 heterocycles. The van der Waals surface area contributed by atoms with Gasteiger partial charge in [-0.3, -0.25) is 4.99 Å². The quantitative estimate of drug-likeness (QED) is 0.567. The lowest BCUT2D eigenvalue weighted by molar-refractivity contribution is -0.125. The van der Waals surface area contributed by atoms with Gasteiger partial charge in [-0.05, 0) is 45.2 Å². The van der Waals surface area contributed by atoms with Crippen LogP contribution < -0.4 is 10.6 Å². The van der Waals surface area contributed by atoms with Gasteiger partial charge >= 0.3 is 0 Å². The first-order valence-corrected chi connectivity index (χ1v) is 9.84. The van der Waals surface area contributed by atoms with Crippen LogP contribution in [0, 0.1) is 18.3 Å². The highest BCUT2D eigenvalue weighted by atomic mass is 16.5. The molecule has 6 heteroatoms.